The highest BCUT2D eigenvalue weighted by molar-refractivity contribution is 5.83. The van der Waals surface area contributed by atoms with E-state index in [4.69, 9.17) is 14.9 Å². The monoisotopic (exact) mass is 186 g/mol. The van der Waals surface area contributed by atoms with E-state index in [1.54, 1.807) is 6.08 Å². The largest absolute Gasteiger partial charge is 0.502 e. The van der Waals surface area contributed by atoms with Crippen LogP contribution in [0.3, 0.4) is 0 Å². The summed E-state index contributed by atoms with van der Waals surface area (Å²) in [5, 5.41) is 17.0. The Hall–Kier alpha value is -1.29. The zero-order chi connectivity index (χ0) is 10.1. The maximum Gasteiger partial charge on any atom is 0.370 e. The molecule has 0 bridgehead atoms. The Morgan fingerprint density at radius 1 is 1.46 bits per heavy atom. The molecule has 0 radical (unpaired) electrons. The van der Waals surface area contributed by atoms with Gasteiger partial charge in [0.1, 0.15) is 0 Å². The van der Waals surface area contributed by atoms with Crippen molar-refractivity contribution < 1.29 is 19.7 Å². The van der Waals surface area contributed by atoms with Gasteiger partial charge in [-0.25, -0.2) is 4.79 Å². The van der Waals surface area contributed by atoms with Gasteiger partial charge in [-0.15, -0.1) is 6.58 Å². The lowest BCUT2D eigenvalue weighted by atomic mass is 10.3. The number of aliphatic carboxylic acids is 1. The number of ether oxygens (including phenoxy) is 1. The first-order valence-corrected chi connectivity index (χ1v) is 3.99. The van der Waals surface area contributed by atoms with E-state index in [9.17, 15) is 4.79 Å². The third-order valence-corrected chi connectivity index (χ3v) is 1.29. The van der Waals surface area contributed by atoms with Crippen molar-refractivity contribution in [3.63, 3.8) is 0 Å². The fourth-order valence-corrected chi connectivity index (χ4v) is 0.678. The van der Waals surface area contributed by atoms with E-state index in [-0.39, 0.29) is 0 Å². The van der Waals surface area contributed by atoms with Crippen LogP contribution in [0.1, 0.15) is 12.8 Å². The number of unbranched alkanes of at least 4 members (excludes halogenated alkanes) is 1. The minimum Gasteiger partial charge on any atom is -0.502 e. The van der Waals surface area contributed by atoms with Gasteiger partial charge in [0.05, 0.1) is 6.61 Å². The fraction of sp³-hybridized carbons (Fsp3) is 0.444. The number of carboxylic acid groups (broad SMARTS) is 1. The normalized spacial score (nSPS) is 11.2. The number of hydrogen-bond donors (Lipinski definition) is 2. The van der Waals surface area contributed by atoms with E-state index in [1.807, 2.05) is 0 Å². The zero-order valence-electron chi connectivity index (χ0n) is 7.40. The molecule has 13 heavy (non-hydrogen) atoms. The number of rotatable bonds is 7. The van der Waals surface area contributed by atoms with Gasteiger partial charge in [-0.05, 0) is 18.9 Å². The summed E-state index contributed by atoms with van der Waals surface area (Å²) in [6.45, 7) is 4.51. The van der Waals surface area contributed by atoms with Gasteiger partial charge >= 0.3 is 5.97 Å². The minimum atomic E-state index is -1.30. The number of aliphatic hydroxyl groups is 1. The molecule has 0 aromatic carbocycles. The van der Waals surface area contributed by atoms with E-state index in [2.05, 4.69) is 6.58 Å². The molecule has 0 aliphatic rings. The fourth-order valence-electron chi connectivity index (χ4n) is 0.678. The van der Waals surface area contributed by atoms with Gasteiger partial charge in [0.2, 0.25) is 0 Å². The summed E-state index contributed by atoms with van der Waals surface area (Å²) in [6.07, 6.45) is 4.09. The molecule has 0 spiro atoms. The molecule has 0 aliphatic carbocycles. The predicted octanol–water partition coefficient (Wildman–Crippen LogP) is 1.50. The van der Waals surface area contributed by atoms with Crippen LogP contribution in [0, 0.1) is 0 Å². The Labute approximate surface area is 77.1 Å². The van der Waals surface area contributed by atoms with Crippen molar-refractivity contribution in [2.24, 2.45) is 0 Å². The third kappa shape index (κ3) is 7.08. The molecule has 0 aromatic rings. The Morgan fingerprint density at radius 3 is 2.69 bits per heavy atom. The summed E-state index contributed by atoms with van der Waals surface area (Å²) in [5.41, 5.74) is 0. The van der Waals surface area contributed by atoms with Crippen molar-refractivity contribution >= 4 is 5.97 Å². The highest BCUT2D eigenvalue weighted by atomic mass is 16.5. The van der Waals surface area contributed by atoms with Crippen molar-refractivity contribution in [2.45, 2.75) is 12.8 Å². The van der Waals surface area contributed by atoms with Crippen molar-refractivity contribution in [3.05, 3.63) is 24.5 Å². The standard InChI is InChI=1S/C9H14O4/c1-2-6-13-7-4-3-5-8(10)9(11)12/h2,5,10H,1,3-4,6-7H2,(H,11,12). The molecule has 0 amide bonds. The molecule has 2 N–H and O–H groups in total. The van der Waals surface area contributed by atoms with Gasteiger partial charge in [-0.2, -0.15) is 0 Å². The molecule has 0 heterocycles. The Bertz CT molecular complexity index is 196. The van der Waals surface area contributed by atoms with Crippen LogP contribution >= 0.6 is 0 Å². The third-order valence-electron chi connectivity index (χ3n) is 1.29. The van der Waals surface area contributed by atoms with Crippen molar-refractivity contribution in [1.29, 1.82) is 0 Å². The summed E-state index contributed by atoms with van der Waals surface area (Å²) in [6, 6.07) is 0. The molecule has 4 nitrogen and oxygen atoms in total. The second-order valence-corrected chi connectivity index (χ2v) is 2.40. The molecule has 74 valence electrons. The summed E-state index contributed by atoms with van der Waals surface area (Å²) < 4.78 is 5.05. The van der Waals surface area contributed by atoms with Gasteiger partial charge in [0.15, 0.2) is 5.76 Å². The second-order valence-electron chi connectivity index (χ2n) is 2.40. The molecule has 0 fully saturated rings. The smallest absolute Gasteiger partial charge is 0.370 e. The summed E-state index contributed by atoms with van der Waals surface area (Å²) in [5.74, 6) is -1.91. The number of carbonyl (C=O) groups is 1. The van der Waals surface area contributed by atoms with Crippen molar-refractivity contribution in [2.75, 3.05) is 13.2 Å². The van der Waals surface area contributed by atoms with Gasteiger partial charge in [-0.3, -0.25) is 0 Å². The average Bonchev–Trinajstić information content (AvgIpc) is 2.10. The van der Waals surface area contributed by atoms with E-state index in [1.165, 1.54) is 6.08 Å². The van der Waals surface area contributed by atoms with Crippen LogP contribution in [-0.4, -0.2) is 29.4 Å². The lowest BCUT2D eigenvalue weighted by molar-refractivity contribution is -0.135. The van der Waals surface area contributed by atoms with Crippen LogP contribution in [0.2, 0.25) is 0 Å². The minimum absolute atomic E-state index is 0.495. The van der Waals surface area contributed by atoms with E-state index < -0.39 is 11.7 Å². The molecule has 0 rings (SSSR count). The van der Waals surface area contributed by atoms with E-state index in [0.717, 1.165) is 0 Å². The molecule has 0 saturated heterocycles. The molecule has 0 unspecified atom stereocenters. The molecular formula is C9H14O4. The van der Waals surface area contributed by atoms with E-state index in [0.29, 0.717) is 26.1 Å². The van der Waals surface area contributed by atoms with Crippen LogP contribution in [0.5, 0.6) is 0 Å². The molecule has 0 aromatic heterocycles. The van der Waals surface area contributed by atoms with Gasteiger partial charge < -0.3 is 14.9 Å². The second kappa shape index (κ2) is 7.36. The van der Waals surface area contributed by atoms with Gasteiger partial charge in [0.25, 0.3) is 0 Å². The SMILES string of the molecule is C=CCOCCCC=C(O)C(=O)O. The lowest BCUT2D eigenvalue weighted by Crippen LogP contribution is -1.99. The highest BCUT2D eigenvalue weighted by Crippen LogP contribution is 1.96. The summed E-state index contributed by atoms with van der Waals surface area (Å²) >= 11 is 0. The molecule has 0 aliphatic heterocycles. The van der Waals surface area contributed by atoms with Gasteiger partial charge in [0, 0.05) is 6.61 Å². The van der Waals surface area contributed by atoms with Crippen LogP contribution < -0.4 is 0 Å². The van der Waals surface area contributed by atoms with E-state index >= 15 is 0 Å². The molecular weight excluding hydrogens is 172 g/mol. The summed E-state index contributed by atoms with van der Waals surface area (Å²) in [4.78, 5) is 10.1. The number of allylic oxidation sites excluding steroid dienone is 1. The van der Waals surface area contributed by atoms with Crippen molar-refractivity contribution in [3.8, 4) is 0 Å². The average molecular weight is 186 g/mol. The zero-order valence-corrected chi connectivity index (χ0v) is 7.40. The maximum absolute atomic E-state index is 10.1. The first kappa shape index (κ1) is 11.7. The Morgan fingerprint density at radius 2 is 2.15 bits per heavy atom. The van der Waals surface area contributed by atoms with Crippen LogP contribution in [0.4, 0.5) is 0 Å². The molecule has 4 heteroatoms. The molecule has 0 saturated carbocycles. The first-order valence-electron chi connectivity index (χ1n) is 3.99. The lowest BCUT2D eigenvalue weighted by Gasteiger charge is -1.97. The number of carboxylic acids is 1. The van der Waals surface area contributed by atoms with Gasteiger partial charge in [-0.1, -0.05) is 6.08 Å². The number of aliphatic hydroxyl groups excluding tert-OH is 1. The maximum atomic E-state index is 10.1. The Kier molecular flexibility index (Phi) is 6.63. The van der Waals surface area contributed by atoms with Crippen LogP contribution in [0.15, 0.2) is 24.5 Å². The number of hydrogen-bond acceptors (Lipinski definition) is 3. The van der Waals surface area contributed by atoms with Crippen LogP contribution in [0.25, 0.3) is 0 Å². The Balaban J connectivity index is 3.39. The quantitative estimate of drug-likeness (QED) is 0.273. The predicted molar refractivity (Wildman–Crippen MR) is 48.6 cm³/mol. The van der Waals surface area contributed by atoms with Crippen LogP contribution in [-0.2, 0) is 9.53 Å². The first-order chi connectivity index (χ1) is 6.18. The summed E-state index contributed by atoms with van der Waals surface area (Å²) in [7, 11) is 0. The topological polar surface area (TPSA) is 66.8 Å². The highest BCUT2D eigenvalue weighted by Gasteiger charge is 2.00. The van der Waals surface area contributed by atoms with Crippen molar-refractivity contribution in [1.82, 2.24) is 0 Å². The molecule has 0 atom stereocenters.